The fourth-order valence-corrected chi connectivity index (χ4v) is 2.52. The number of ether oxygens (including phenoxy) is 1. The smallest absolute Gasteiger partial charge is 0.131 e. The van der Waals surface area contributed by atoms with Gasteiger partial charge in [-0.2, -0.15) is 0 Å². The van der Waals surface area contributed by atoms with E-state index in [4.69, 9.17) is 34.3 Å². The number of hydrogen-bond acceptors (Lipinski definition) is 3. The van der Waals surface area contributed by atoms with Crippen molar-refractivity contribution in [2.45, 2.75) is 39.8 Å². The van der Waals surface area contributed by atoms with Gasteiger partial charge in [0.05, 0.1) is 5.56 Å². The maximum atomic E-state index is 5.99. The topological polar surface area (TPSA) is 38.5 Å². The Hall–Kier alpha value is -0.840. The maximum Gasteiger partial charge on any atom is 0.131 e. The van der Waals surface area contributed by atoms with Crippen molar-refractivity contribution < 1.29 is 4.74 Å². The van der Waals surface area contributed by atoms with Gasteiger partial charge in [0.15, 0.2) is 0 Å². The fraction of sp³-hybridized carbons (Fsp3) is 0.533. The molecular weight excluding hydrogens is 292 g/mol. The molecule has 1 aromatic rings. The van der Waals surface area contributed by atoms with Gasteiger partial charge < -0.3 is 10.5 Å². The first-order valence-electron chi connectivity index (χ1n) is 6.80. The number of hydrogen-bond donors (Lipinski definition) is 1. The summed E-state index contributed by atoms with van der Waals surface area (Å²) in [5.74, 6) is 0.650. The highest BCUT2D eigenvalue weighted by atomic mass is 35.5. The van der Waals surface area contributed by atoms with Crippen molar-refractivity contribution >= 4 is 28.8 Å². The molecule has 1 aromatic carbocycles. The molecule has 0 aromatic heterocycles. The molecule has 3 nitrogen and oxygen atoms in total. The first kappa shape index (κ1) is 17.2. The Morgan fingerprint density at radius 1 is 1.30 bits per heavy atom. The van der Waals surface area contributed by atoms with Crippen LogP contribution in [0.4, 0.5) is 0 Å². The molecule has 0 aliphatic rings. The summed E-state index contributed by atoms with van der Waals surface area (Å²) in [6.07, 6.45) is 0. The van der Waals surface area contributed by atoms with Crippen LogP contribution in [0, 0.1) is 0 Å². The lowest BCUT2D eigenvalue weighted by Crippen LogP contribution is -2.39. The van der Waals surface area contributed by atoms with E-state index in [0.29, 0.717) is 34.5 Å². The Labute approximate surface area is 132 Å². The predicted octanol–water partition coefficient (Wildman–Crippen LogP) is 3.47. The maximum absolute atomic E-state index is 5.99. The van der Waals surface area contributed by atoms with E-state index in [0.717, 1.165) is 12.1 Å². The van der Waals surface area contributed by atoms with Crippen molar-refractivity contribution in [3.05, 3.63) is 28.8 Å². The minimum absolute atomic E-state index is 0.321. The second-order valence-electron chi connectivity index (χ2n) is 5.28. The first-order valence-corrected chi connectivity index (χ1v) is 7.59. The van der Waals surface area contributed by atoms with E-state index in [-0.39, 0.29) is 0 Å². The van der Waals surface area contributed by atoms with Crippen molar-refractivity contribution in [2.75, 3.05) is 13.2 Å². The van der Waals surface area contributed by atoms with Crippen LogP contribution in [0.2, 0.25) is 5.02 Å². The summed E-state index contributed by atoms with van der Waals surface area (Å²) in [6.45, 7) is 10.1. The summed E-state index contributed by atoms with van der Waals surface area (Å²) in [5, 5.41) is 0.615. The van der Waals surface area contributed by atoms with E-state index in [1.54, 1.807) is 18.2 Å². The third-order valence-corrected chi connectivity index (χ3v) is 3.60. The average molecular weight is 315 g/mol. The standard InChI is InChI=1S/C15H23ClN2OS/c1-10(2)18(11(3)4)7-8-19-14-9-12(16)5-6-13(14)15(17)20/h5-6,9-11H,7-8H2,1-4H3,(H2,17,20). The first-order chi connectivity index (χ1) is 9.32. The highest BCUT2D eigenvalue weighted by molar-refractivity contribution is 7.80. The van der Waals surface area contributed by atoms with Gasteiger partial charge in [-0.15, -0.1) is 0 Å². The van der Waals surface area contributed by atoms with Crippen molar-refractivity contribution in [1.82, 2.24) is 4.90 Å². The molecule has 0 amide bonds. The molecule has 2 N–H and O–H groups in total. The van der Waals surface area contributed by atoms with Crippen LogP contribution in [0.1, 0.15) is 33.3 Å². The minimum atomic E-state index is 0.321. The third-order valence-electron chi connectivity index (χ3n) is 3.14. The lowest BCUT2D eigenvalue weighted by Gasteiger charge is -2.30. The van der Waals surface area contributed by atoms with Crippen molar-refractivity contribution in [1.29, 1.82) is 0 Å². The van der Waals surface area contributed by atoms with Crippen LogP contribution >= 0.6 is 23.8 Å². The molecule has 0 unspecified atom stereocenters. The van der Waals surface area contributed by atoms with E-state index in [2.05, 4.69) is 32.6 Å². The lowest BCUT2D eigenvalue weighted by molar-refractivity contribution is 0.142. The molecule has 20 heavy (non-hydrogen) atoms. The molecule has 0 spiro atoms. The fourth-order valence-electron chi connectivity index (χ4n) is 2.19. The van der Waals surface area contributed by atoms with E-state index in [1.807, 2.05) is 0 Å². The number of halogens is 1. The molecule has 0 bridgehead atoms. The van der Waals surface area contributed by atoms with Gasteiger partial charge in [0.25, 0.3) is 0 Å². The Morgan fingerprint density at radius 2 is 1.90 bits per heavy atom. The Kier molecular flexibility index (Phi) is 6.72. The van der Waals surface area contributed by atoms with Crippen LogP contribution in [0.3, 0.4) is 0 Å². The van der Waals surface area contributed by atoms with Crippen LogP contribution in [0.5, 0.6) is 5.75 Å². The Morgan fingerprint density at radius 3 is 2.40 bits per heavy atom. The number of nitrogens with two attached hydrogens (primary N) is 1. The van der Waals surface area contributed by atoms with Crippen LogP contribution < -0.4 is 10.5 Å². The number of rotatable bonds is 7. The van der Waals surface area contributed by atoms with Gasteiger partial charge in [-0.1, -0.05) is 23.8 Å². The number of thiocarbonyl (C=S) groups is 1. The molecule has 0 aliphatic heterocycles. The quantitative estimate of drug-likeness (QED) is 0.782. The van der Waals surface area contributed by atoms with Gasteiger partial charge in [0, 0.05) is 23.7 Å². The second kappa shape index (κ2) is 7.81. The summed E-state index contributed by atoms with van der Waals surface area (Å²) in [6, 6.07) is 6.27. The number of benzene rings is 1. The Balaban J connectivity index is 2.70. The lowest BCUT2D eigenvalue weighted by atomic mass is 10.2. The third kappa shape index (κ3) is 4.93. The van der Waals surface area contributed by atoms with Gasteiger partial charge in [0.1, 0.15) is 17.3 Å². The van der Waals surface area contributed by atoms with Crippen LogP contribution in [0.15, 0.2) is 18.2 Å². The molecule has 0 heterocycles. The van der Waals surface area contributed by atoms with E-state index < -0.39 is 0 Å². The Bertz CT molecular complexity index is 455. The van der Waals surface area contributed by atoms with Crippen LogP contribution in [-0.4, -0.2) is 35.1 Å². The summed E-state index contributed by atoms with van der Waals surface area (Å²) in [4.78, 5) is 2.69. The monoisotopic (exact) mass is 314 g/mol. The molecule has 0 fully saturated rings. The molecule has 112 valence electrons. The van der Waals surface area contributed by atoms with Gasteiger partial charge in [0.2, 0.25) is 0 Å². The molecule has 0 radical (unpaired) electrons. The summed E-state index contributed by atoms with van der Waals surface area (Å²) in [5.41, 5.74) is 6.42. The van der Waals surface area contributed by atoms with E-state index in [9.17, 15) is 0 Å². The summed E-state index contributed by atoms with van der Waals surface area (Å²) < 4.78 is 5.82. The van der Waals surface area contributed by atoms with Gasteiger partial charge in [-0.3, -0.25) is 4.90 Å². The minimum Gasteiger partial charge on any atom is -0.491 e. The zero-order chi connectivity index (χ0) is 15.3. The predicted molar refractivity (Wildman–Crippen MR) is 89.8 cm³/mol. The highest BCUT2D eigenvalue weighted by Crippen LogP contribution is 2.23. The van der Waals surface area contributed by atoms with Gasteiger partial charge in [-0.05, 0) is 45.9 Å². The van der Waals surface area contributed by atoms with Crippen molar-refractivity contribution in [2.24, 2.45) is 5.73 Å². The average Bonchev–Trinajstić information content (AvgIpc) is 2.33. The van der Waals surface area contributed by atoms with Crippen LogP contribution in [0.25, 0.3) is 0 Å². The molecule has 0 saturated heterocycles. The zero-order valence-electron chi connectivity index (χ0n) is 12.5. The molecule has 0 saturated carbocycles. The molecular formula is C15H23ClN2OS. The summed E-state index contributed by atoms with van der Waals surface area (Å²) in [7, 11) is 0. The van der Waals surface area contributed by atoms with Gasteiger partial charge in [-0.25, -0.2) is 0 Å². The highest BCUT2D eigenvalue weighted by Gasteiger charge is 2.14. The van der Waals surface area contributed by atoms with Crippen LogP contribution in [-0.2, 0) is 0 Å². The van der Waals surface area contributed by atoms with E-state index >= 15 is 0 Å². The van der Waals surface area contributed by atoms with E-state index in [1.165, 1.54) is 0 Å². The normalized spacial score (nSPS) is 11.4. The second-order valence-corrected chi connectivity index (χ2v) is 6.15. The van der Waals surface area contributed by atoms with Crippen molar-refractivity contribution in [3.63, 3.8) is 0 Å². The summed E-state index contributed by atoms with van der Waals surface area (Å²) >= 11 is 11.0. The molecule has 0 atom stereocenters. The zero-order valence-corrected chi connectivity index (χ0v) is 14.1. The SMILES string of the molecule is CC(C)N(CCOc1cc(Cl)ccc1C(N)=S)C(C)C. The van der Waals surface area contributed by atoms with Gasteiger partial charge >= 0.3 is 0 Å². The molecule has 5 heteroatoms. The van der Waals surface area contributed by atoms with Crippen molar-refractivity contribution in [3.8, 4) is 5.75 Å². The molecule has 1 rings (SSSR count). The molecule has 0 aliphatic carbocycles. The number of nitrogens with zero attached hydrogens (tertiary/aromatic N) is 1. The largest absolute Gasteiger partial charge is 0.491 e.